The predicted octanol–water partition coefficient (Wildman–Crippen LogP) is 0.574. The van der Waals surface area contributed by atoms with Gasteiger partial charge >= 0.3 is 0 Å². The third kappa shape index (κ3) is 3.58. The first-order valence-corrected chi connectivity index (χ1v) is 6.34. The zero-order chi connectivity index (χ0) is 14.4. The Bertz CT molecular complexity index is 580. The molecule has 1 aromatic carbocycles. The highest BCUT2D eigenvalue weighted by molar-refractivity contribution is 5.77. The van der Waals surface area contributed by atoms with Gasteiger partial charge in [0.25, 0.3) is 5.91 Å². The van der Waals surface area contributed by atoms with Crippen molar-refractivity contribution >= 4 is 5.91 Å². The predicted molar refractivity (Wildman–Crippen MR) is 74.9 cm³/mol. The Morgan fingerprint density at radius 1 is 1.45 bits per heavy atom. The Hall–Kier alpha value is -2.34. The number of aryl methyl sites for hydroxylation is 1. The minimum absolute atomic E-state index is 0.0402. The molecule has 0 unspecified atom stereocenters. The Morgan fingerprint density at radius 2 is 2.25 bits per heavy atom. The molecule has 0 aliphatic carbocycles. The Labute approximate surface area is 117 Å². The van der Waals surface area contributed by atoms with Crippen LogP contribution in [0.5, 0.6) is 5.75 Å². The maximum atomic E-state index is 11.7. The van der Waals surface area contributed by atoms with Crippen LogP contribution in [0.15, 0.2) is 36.7 Å². The Balaban J connectivity index is 1.82. The molecule has 1 aromatic heterocycles. The molecule has 0 spiro atoms. The highest BCUT2D eigenvalue weighted by Gasteiger charge is 2.07. The van der Waals surface area contributed by atoms with E-state index in [4.69, 9.17) is 10.5 Å². The van der Waals surface area contributed by atoms with Crippen molar-refractivity contribution in [3.05, 3.63) is 48.0 Å². The summed E-state index contributed by atoms with van der Waals surface area (Å²) in [6.45, 7) is 0.719. The molecule has 6 heteroatoms. The summed E-state index contributed by atoms with van der Waals surface area (Å²) in [6, 6.07) is 7.41. The number of benzene rings is 1. The molecule has 2 aromatic rings. The third-order valence-corrected chi connectivity index (χ3v) is 2.92. The van der Waals surface area contributed by atoms with Gasteiger partial charge in [0.05, 0.1) is 6.54 Å². The highest BCUT2D eigenvalue weighted by Crippen LogP contribution is 2.16. The lowest BCUT2D eigenvalue weighted by Gasteiger charge is -2.10. The summed E-state index contributed by atoms with van der Waals surface area (Å²) in [6.07, 6.45) is 3.52. The zero-order valence-corrected chi connectivity index (χ0v) is 11.4. The van der Waals surface area contributed by atoms with E-state index in [0.29, 0.717) is 18.8 Å². The number of amides is 1. The molecule has 20 heavy (non-hydrogen) atoms. The quantitative estimate of drug-likeness (QED) is 0.807. The van der Waals surface area contributed by atoms with E-state index in [1.165, 1.54) is 0 Å². The second kappa shape index (κ2) is 6.72. The Kier molecular flexibility index (Phi) is 4.73. The van der Waals surface area contributed by atoms with Crippen LogP contribution in [0.4, 0.5) is 0 Å². The molecule has 6 nitrogen and oxygen atoms in total. The largest absolute Gasteiger partial charge is 0.483 e. The van der Waals surface area contributed by atoms with Gasteiger partial charge in [-0.05, 0) is 6.07 Å². The van der Waals surface area contributed by atoms with Crippen molar-refractivity contribution in [1.82, 2.24) is 14.9 Å². The minimum Gasteiger partial charge on any atom is -0.483 e. The van der Waals surface area contributed by atoms with Crippen molar-refractivity contribution in [3.8, 4) is 5.75 Å². The van der Waals surface area contributed by atoms with Gasteiger partial charge in [-0.3, -0.25) is 4.79 Å². The lowest BCUT2D eigenvalue weighted by Crippen LogP contribution is -2.29. The molecule has 106 valence electrons. The topological polar surface area (TPSA) is 82.2 Å². The normalized spacial score (nSPS) is 10.3. The first-order chi connectivity index (χ1) is 9.70. The van der Waals surface area contributed by atoms with E-state index in [-0.39, 0.29) is 12.5 Å². The molecule has 1 heterocycles. The van der Waals surface area contributed by atoms with Crippen LogP contribution in [-0.2, 0) is 24.9 Å². The monoisotopic (exact) mass is 274 g/mol. The van der Waals surface area contributed by atoms with E-state index in [1.54, 1.807) is 12.3 Å². The molecule has 0 bridgehead atoms. The van der Waals surface area contributed by atoms with Gasteiger partial charge in [-0.25, -0.2) is 4.98 Å². The van der Waals surface area contributed by atoms with Gasteiger partial charge in [0, 0.05) is 31.5 Å². The van der Waals surface area contributed by atoms with Crippen molar-refractivity contribution < 1.29 is 9.53 Å². The standard InChI is InChI=1S/C14H18N4O2/c1-18-7-6-16-13(18)9-17-14(19)10-20-12-5-3-2-4-11(12)8-15/h2-7H,8-10,15H2,1H3,(H,17,19). The summed E-state index contributed by atoms with van der Waals surface area (Å²) < 4.78 is 7.32. The number of para-hydroxylation sites is 1. The van der Waals surface area contributed by atoms with E-state index in [0.717, 1.165) is 11.4 Å². The van der Waals surface area contributed by atoms with Crippen LogP contribution >= 0.6 is 0 Å². The zero-order valence-electron chi connectivity index (χ0n) is 11.4. The number of nitrogens with zero attached hydrogens (tertiary/aromatic N) is 2. The lowest BCUT2D eigenvalue weighted by molar-refractivity contribution is -0.123. The average Bonchev–Trinajstić information content (AvgIpc) is 2.88. The van der Waals surface area contributed by atoms with E-state index in [2.05, 4.69) is 10.3 Å². The SMILES string of the molecule is Cn1ccnc1CNC(=O)COc1ccccc1CN. The van der Waals surface area contributed by atoms with E-state index in [1.807, 2.05) is 36.0 Å². The first-order valence-electron chi connectivity index (χ1n) is 6.34. The van der Waals surface area contributed by atoms with Gasteiger partial charge in [-0.1, -0.05) is 18.2 Å². The van der Waals surface area contributed by atoms with Gasteiger partial charge in [0.1, 0.15) is 11.6 Å². The van der Waals surface area contributed by atoms with Crippen LogP contribution in [0.3, 0.4) is 0 Å². The fourth-order valence-electron chi connectivity index (χ4n) is 1.75. The number of hydrogen-bond acceptors (Lipinski definition) is 4. The maximum absolute atomic E-state index is 11.7. The third-order valence-electron chi connectivity index (χ3n) is 2.92. The van der Waals surface area contributed by atoms with Crippen molar-refractivity contribution in [2.75, 3.05) is 6.61 Å². The Morgan fingerprint density at radius 3 is 2.95 bits per heavy atom. The maximum Gasteiger partial charge on any atom is 0.258 e. The summed E-state index contributed by atoms with van der Waals surface area (Å²) in [4.78, 5) is 15.8. The number of ether oxygens (including phenoxy) is 1. The summed E-state index contributed by atoms with van der Waals surface area (Å²) >= 11 is 0. The van der Waals surface area contributed by atoms with Crippen molar-refractivity contribution in [3.63, 3.8) is 0 Å². The van der Waals surface area contributed by atoms with Crippen LogP contribution in [0.1, 0.15) is 11.4 Å². The fourth-order valence-corrected chi connectivity index (χ4v) is 1.75. The number of aromatic nitrogens is 2. The number of rotatable bonds is 6. The highest BCUT2D eigenvalue weighted by atomic mass is 16.5. The van der Waals surface area contributed by atoms with Crippen molar-refractivity contribution in [2.24, 2.45) is 12.8 Å². The molecule has 0 radical (unpaired) electrons. The number of nitrogens with one attached hydrogen (secondary N) is 1. The van der Waals surface area contributed by atoms with Crippen LogP contribution in [0.2, 0.25) is 0 Å². The number of nitrogens with two attached hydrogens (primary N) is 1. The minimum atomic E-state index is -0.195. The summed E-state index contributed by atoms with van der Waals surface area (Å²) in [5.41, 5.74) is 6.48. The molecule has 3 N–H and O–H groups in total. The van der Waals surface area contributed by atoms with E-state index in [9.17, 15) is 4.79 Å². The lowest BCUT2D eigenvalue weighted by atomic mass is 10.2. The molecule has 0 fully saturated rings. The molecular formula is C14H18N4O2. The van der Waals surface area contributed by atoms with Crippen LogP contribution in [0.25, 0.3) is 0 Å². The van der Waals surface area contributed by atoms with E-state index >= 15 is 0 Å². The van der Waals surface area contributed by atoms with E-state index < -0.39 is 0 Å². The smallest absolute Gasteiger partial charge is 0.258 e. The summed E-state index contributed by atoms with van der Waals surface area (Å²) in [5, 5.41) is 2.76. The fraction of sp³-hybridized carbons (Fsp3) is 0.286. The molecule has 0 atom stereocenters. The van der Waals surface area contributed by atoms with Crippen LogP contribution in [-0.4, -0.2) is 22.1 Å². The van der Waals surface area contributed by atoms with Gasteiger partial charge in [-0.2, -0.15) is 0 Å². The van der Waals surface area contributed by atoms with Gasteiger partial charge in [-0.15, -0.1) is 0 Å². The van der Waals surface area contributed by atoms with Gasteiger partial charge < -0.3 is 20.4 Å². The molecule has 0 aliphatic rings. The molecule has 0 aliphatic heterocycles. The molecule has 0 saturated carbocycles. The number of hydrogen-bond donors (Lipinski definition) is 2. The number of carbonyl (C=O) groups excluding carboxylic acids is 1. The number of carbonyl (C=O) groups is 1. The van der Waals surface area contributed by atoms with Crippen LogP contribution < -0.4 is 15.8 Å². The molecular weight excluding hydrogens is 256 g/mol. The average molecular weight is 274 g/mol. The molecule has 0 saturated heterocycles. The van der Waals surface area contributed by atoms with Crippen molar-refractivity contribution in [2.45, 2.75) is 13.1 Å². The van der Waals surface area contributed by atoms with Crippen molar-refractivity contribution in [1.29, 1.82) is 0 Å². The molecule has 1 amide bonds. The molecule has 2 rings (SSSR count). The second-order valence-electron chi connectivity index (χ2n) is 4.33. The van der Waals surface area contributed by atoms with Gasteiger partial charge in [0.15, 0.2) is 6.61 Å². The first kappa shape index (κ1) is 14.1. The van der Waals surface area contributed by atoms with Crippen LogP contribution in [0, 0.1) is 0 Å². The second-order valence-corrected chi connectivity index (χ2v) is 4.33. The van der Waals surface area contributed by atoms with Gasteiger partial charge in [0.2, 0.25) is 0 Å². The number of imidazole rings is 1. The summed E-state index contributed by atoms with van der Waals surface area (Å²) in [5.74, 6) is 1.24. The summed E-state index contributed by atoms with van der Waals surface area (Å²) in [7, 11) is 1.88.